The van der Waals surface area contributed by atoms with E-state index in [0.29, 0.717) is 6.42 Å². The van der Waals surface area contributed by atoms with Crippen LogP contribution in [0.5, 0.6) is 0 Å². The summed E-state index contributed by atoms with van der Waals surface area (Å²) in [6.07, 6.45) is 3.94. The zero-order valence-electron chi connectivity index (χ0n) is 8.20. The van der Waals surface area contributed by atoms with Gasteiger partial charge in [-0.25, -0.2) is 0 Å². The number of nitrogens with zero attached hydrogens (tertiary/aromatic N) is 1. The highest BCUT2D eigenvalue weighted by molar-refractivity contribution is 5.78. The predicted molar refractivity (Wildman–Crippen MR) is 53.2 cm³/mol. The largest absolute Gasteiger partial charge is 0.340 e. The van der Waals surface area contributed by atoms with Gasteiger partial charge in [0, 0.05) is 25.0 Å². The van der Waals surface area contributed by atoms with Crippen LogP contribution in [0.3, 0.4) is 0 Å². The van der Waals surface area contributed by atoms with E-state index in [1.807, 2.05) is 4.90 Å². The molecule has 0 saturated carbocycles. The first kappa shape index (κ1) is 10.3. The molecule has 0 spiro atoms. The second-order valence-corrected chi connectivity index (χ2v) is 3.71. The Hall–Kier alpha value is -0.830. The Morgan fingerprint density at radius 2 is 2.46 bits per heavy atom. The molecule has 0 aromatic heterocycles. The normalized spacial score (nSPS) is 28.6. The summed E-state index contributed by atoms with van der Waals surface area (Å²) in [6, 6.07) is 0.555. The summed E-state index contributed by atoms with van der Waals surface area (Å²) >= 11 is 0. The second kappa shape index (κ2) is 4.42. The maximum Gasteiger partial charge on any atom is 0.226 e. The molecule has 1 aliphatic rings. The number of hydrogen-bond acceptors (Lipinski definition) is 2. The van der Waals surface area contributed by atoms with Crippen LogP contribution >= 0.6 is 0 Å². The number of likely N-dealkylation sites (tertiary alicyclic amines) is 1. The monoisotopic (exact) mass is 182 g/mol. The Morgan fingerprint density at radius 3 is 3.00 bits per heavy atom. The van der Waals surface area contributed by atoms with Crippen LogP contribution in [-0.2, 0) is 4.79 Å². The molecular formula is C10H18N2O. The molecule has 3 heteroatoms. The van der Waals surface area contributed by atoms with Gasteiger partial charge in [-0.1, -0.05) is 6.08 Å². The summed E-state index contributed by atoms with van der Waals surface area (Å²) in [6.45, 7) is 6.42. The first-order valence-electron chi connectivity index (χ1n) is 4.81. The molecule has 13 heavy (non-hydrogen) atoms. The van der Waals surface area contributed by atoms with Gasteiger partial charge in [0.2, 0.25) is 5.91 Å². The fraction of sp³-hybridized carbons (Fsp3) is 0.700. The van der Waals surface area contributed by atoms with Crippen molar-refractivity contribution in [2.24, 2.45) is 5.73 Å². The van der Waals surface area contributed by atoms with Crippen LogP contribution in [0.25, 0.3) is 0 Å². The van der Waals surface area contributed by atoms with E-state index in [-0.39, 0.29) is 18.0 Å². The molecule has 0 bridgehead atoms. The summed E-state index contributed by atoms with van der Waals surface area (Å²) in [4.78, 5) is 13.4. The zero-order valence-corrected chi connectivity index (χ0v) is 8.20. The van der Waals surface area contributed by atoms with E-state index in [0.717, 1.165) is 19.4 Å². The molecule has 74 valence electrons. The van der Waals surface area contributed by atoms with Gasteiger partial charge in [-0.2, -0.15) is 0 Å². The molecule has 3 nitrogen and oxygen atoms in total. The number of hydrogen-bond donors (Lipinski definition) is 1. The lowest BCUT2D eigenvalue weighted by molar-refractivity contribution is -0.133. The molecule has 0 aliphatic carbocycles. The highest BCUT2D eigenvalue weighted by Crippen LogP contribution is 2.16. The fourth-order valence-corrected chi connectivity index (χ4v) is 1.82. The van der Waals surface area contributed by atoms with Crippen LogP contribution in [0.15, 0.2) is 12.7 Å². The number of carbonyl (C=O) groups is 1. The Balaban J connectivity index is 2.50. The third-order valence-corrected chi connectivity index (χ3v) is 2.56. The summed E-state index contributed by atoms with van der Waals surface area (Å²) in [5, 5.41) is 0. The third kappa shape index (κ3) is 2.56. The first-order chi connectivity index (χ1) is 6.15. The molecule has 2 atom stereocenters. The minimum Gasteiger partial charge on any atom is -0.340 e. The number of carbonyl (C=O) groups excluding carboxylic acids is 1. The Labute approximate surface area is 79.6 Å². The predicted octanol–water partition coefficient (Wildman–Crippen LogP) is 0.901. The molecule has 2 unspecified atom stereocenters. The number of rotatable bonds is 2. The third-order valence-electron chi connectivity index (χ3n) is 2.56. The van der Waals surface area contributed by atoms with E-state index in [2.05, 4.69) is 13.5 Å². The van der Waals surface area contributed by atoms with Crippen LogP contribution < -0.4 is 5.73 Å². The minimum atomic E-state index is 0.175. The van der Waals surface area contributed by atoms with Gasteiger partial charge in [0.1, 0.15) is 0 Å². The number of piperidine rings is 1. The van der Waals surface area contributed by atoms with Gasteiger partial charge in [-0.05, 0) is 19.8 Å². The maximum atomic E-state index is 11.5. The molecule has 0 radical (unpaired) electrons. The smallest absolute Gasteiger partial charge is 0.226 e. The van der Waals surface area contributed by atoms with Crippen molar-refractivity contribution in [2.75, 3.05) is 6.54 Å². The van der Waals surface area contributed by atoms with Gasteiger partial charge >= 0.3 is 0 Å². The van der Waals surface area contributed by atoms with Crippen LogP contribution in [0, 0.1) is 0 Å². The van der Waals surface area contributed by atoms with E-state index in [4.69, 9.17) is 5.73 Å². The molecule has 1 amide bonds. The summed E-state index contributed by atoms with van der Waals surface area (Å²) in [7, 11) is 0. The highest BCUT2D eigenvalue weighted by Gasteiger charge is 2.25. The standard InChI is InChI=1S/C10H18N2O/c1-3-4-10(13)12-6-5-9(11)7-8(12)2/h3,8-9H,1,4-7,11H2,2H3. The van der Waals surface area contributed by atoms with Crippen molar-refractivity contribution in [1.29, 1.82) is 0 Å². The summed E-state index contributed by atoms with van der Waals surface area (Å²) in [5.41, 5.74) is 5.80. The highest BCUT2D eigenvalue weighted by atomic mass is 16.2. The van der Waals surface area contributed by atoms with Crippen molar-refractivity contribution in [2.45, 2.75) is 38.3 Å². The van der Waals surface area contributed by atoms with Gasteiger partial charge < -0.3 is 10.6 Å². The Bertz CT molecular complexity index is 203. The van der Waals surface area contributed by atoms with Gasteiger partial charge in [0.05, 0.1) is 0 Å². The van der Waals surface area contributed by atoms with Gasteiger partial charge in [0.25, 0.3) is 0 Å². The summed E-state index contributed by atoms with van der Waals surface area (Å²) < 4.78 is 0. The van der Waals surface area contributed by atoms with E-state index in [1.165, 1.54) is 0 Å². The van der Waals surface area contributed by atoms with Crippen molar-refractivity contribution in [1.82, 2.24) is 4.90 Å². The lowest BCUT2D eigenvalue weighted by Crippen LogP contribution is -2.48. The van der Waals surface area contributed by atoms with Crippen LogP contribution in [0.2, 0.25) is 0 Å². The van der Waals surface area contributed by atoms with Crippen LogP contribution in [-0.4, -0.2) is 29.4 Å². The first-order valence-corrected chi connectivity index (χ1v) is 4.81. The molecule has 1 aliphatic heterocycles. The molecule has 1 saturated heterocycles. The number of nitrogens with two attached hydrogens (primary N) is 1. The minimum absolute atomic E-state index is 0.175. The molecule has 2 N–H and O–H groups in total. The van der Waals surface area contributed by atoms with E-state index in [9.17, 15) is 4.79 Å². The Morgan fingerprint density at radius 1 is 1.77 bits per heavy atom. The van der Waals surface area contributed by atoms with E-state index in [1.54, 1.807) is 6.08 Å². The second-order valence-electron chi connectivity index (χ2n) is 3.71. The average molecular weight is 182 g/mol. The fourth-order valence-electron chi connectivity index (χ4n) is 1.82. The van der Waals surface area contributed by atoms with Gasteiger partial charge in [0.15, 0.2) is 0 Å². The molecule has 0 aromatic carbocycles. The van der Waals surface area contributed by atoms with Crippen LogP contribution in [0.1, 0.15) is 26.2 Å². The van der Waals surface area contributed by atoms with E-state index < -0.39 is 0 Å². The van der Waals surface area contributed by atoms with Crippen molar-refractivity contribution >= 4 is 5.91 Å². The van der Waals surface area contributed by atoms with Crippen molar-refractivity contribution < 1.29 is 4.79 Å². The van der Waals surface area contributed by atoms with Gasteiger partial charge in [-0.3, -0.25) is 4.79 Å². The topological polar surface area (TPSA) is 46.3 Å². The Kier molecular flexibility index (Phi) is 3.48. The lowest BCUT2D eigenvalue weighted by atomic mass is 9.99. The van der Waals surface area contributed by atoms with Crippen molar-refractivity contribution in [3.63, 3.8) is 0 Å². The molecule has 1 fully saturated rings. The summed E-state index contributed by atoms with van der Waals surface area (Å²) in [5.74, 6) is 0.175. The van der Waals surface area contributed by atoms with E-state index >= 15 is 0 Å². The molecule has 0 aromatic rings. The molecule has 1 heterocycles. The van der Waals surface area contributed by atoms with Crippen molar-refractivity contribution in [3.8, 4) is 0 Å². The SMILES string of the molecule is C=CCC(=O)N1CCC(N)CC1C. The molecular weight excluding hydrogens is 164 g/mol. The average Bonchev–Trinajstić information content (AvgIpc) is 2.04. The molecule has 1 rings (SSSR count). The zero-order chi connectivity index (χ0) is 9.84. The quantitative estimate of drug-likeness (QED) is 0.645. The van der Waals surface area contributed by atoms with Crippen molar-refractivity contribution in [3.05, 3.63) is 12.7 Å². The lowest BCUT2D eigenvalue weighted by Gasteiger charge is -2.36. The maximum absolute atomic E-state index is 11.5. The van der Waals surface area contributed by atoms with Crippen LogP contribution in [0.4, 0.5) is 0 Å². The number of amides is 1. The van der Waals surface area contributed by atoms with Gasteiger partial charge in [-0.15, -0.1) is 6.58 Å².